The Morgan fingerprint density at radius 3 is 2.63 bits per heavy atom. The Morgan fingerprint density at radius 1 is 1.21 bits per heavy atom. The zero-order chi connectivity index (χ0) is 26.9. The van der Waals surface area contributed by atoms with Gasteiger partial charge in [0.25, 0.3) is 0 Å². The van der Waals surface area contributed by atoms with Crippen LogP contribution in [0.1, 0.15) is 45.6 Å². The third-order valence-electron chi connectivity index (χ3n) is 7.15. The molecule has 1 N–H and O–H groups in total. The molecule has 0 spiro atoms. The Labute approximate surface area is 223 Å². The number of piperidine rings is 1. The van der Waals surface area contributed by atoms with Gasteiger partial charge in [0, 0.05) is 30.4 Å². The van der Waals surface area contributed by atoms with Crippen LogP contribution in [0.3, 0.4) is 0 Å². The Hall–Kier alpha value is -4.19. The van der Waals surface area contributed by atoms with E-state index in [1.165, 1.54) is 0 Å². The Bertz CT molecular complexity index is 1340. The number of hydrogen-bond acceptors (Lipinski definition) is 7. The van der Waals surface area contributed by atoms with Crippen molar-refractivity contribution in [3.05, 3.63) is 73.0 Å². The van der Waals surface area contributed by atoms with Gasteiger partial charge < -0.3 is 15.0 Å². The molecule has 2 fully saturated rings. The number of rotatable bonds is 8. The first-order valence-electron chi connectivity index (χ1n) is 13.0. The van der Waals surface area contributed by atoms with E-state index in [1.807, 2.05) is 68.3 Å². The van der Waals surface area contributed by atoms with Crippen molar-refractivity contribution in [1.29, 1.82) is 5.26 Å². The van der Waals surface area contributed by atoms with Gasteiger partial charge in [0.2, 0.25) is 5.91 Å². The lowest BCUT2D eigenvalue weighted by Crippen LogP contribution is -2.52. The van der Waals surface area contributed by atoms with E-state index >= 15 is 0 Å². The van der Waals surface area contributed by atoms with E-state index in [1.54, 1.807) is 17.1 Å². The van der Waals surface area contributed by atoms with Gasteiger partial charge in [0.15, 0.2) is 5.88 Å². The van der Waals surface area contributed by atoms with E-state index in [4.69, 9.17) is 4.74 Å². The van der Waals surface area contributed by atoms with Crippen molar-refractivity contribution >= 4 is 5.91 Å². The molecular weight excluding hydrogens is 478 g/mol. The van der Waals surface area contributed by atoms with E-state index in [-0.39, 0.29) is 23.9 Å². The first-order valence-corrected chi connectivity index (χ1v) is 13.0. The van der Waals surface area contributed by atoms with Crippen LogP contribution in [-0.2, 0) is 16.0 Å². The minimum Gasteiger partial charge on any atom is -0.474 e. The number of nitrogens with zero attached hydrogens (tertiary/aromatic N) is 6. The molecule has 2 aromatic heterocycles. The second-order valence-electron chi connectivity index (χ2n) is 11.0. The van der Waals surface area contributed by atoms with Crippen molar-refractivity contribution in [1.82, 2.24) is 30.2 Å². The van der Waals surface area contributed by atoms with Crippen LogP contribution in [-0.4, -0.2) is 54.5 Å². The summed E-state index contributed by atoms with van der Waals surface area (Å²) in [7, 11) is 0. The van der Waals surface area contributed by atoms with Gasteiger partial charge in [-0.25, -0.2) is 4.68 Å². The van der Waals surface area contributed by atoms with Gasteiger partial charge in [-0.2, -0.15) is 5.26 Å². The molecule has 1 aliphatic carbocycles. The number of likely N-dealkylation sites (tertiary alicyclic amines) is 1. The van der Waals surface area contributed by atoms with Crippen LogP contribution >= 0.6 is 0 Å². The van der Waals surface area contributed by atoms with Crippen LogP contribution in [0, 0.1) is 17.2 Å². The molecule has 2 aliphatic rings. The number of carbonyl (C=O) groups is 1. The predicted octanol–water partition coefficient (Wildman–Crippen LogP) is 4.02. The molecule has 1 amide bonds. The lowest BCUT2D eigenvalue weighted by Gasteiger charge is -2.39. The van der Waals surface area contributed by atoms with Gasteiger partial charge in [-0.15, -0.1) is 5.10 Å². The number of fused-ring (bicyclic) bond motifs is 2. The van der Waals surface area contributed by atoms with E-state index in [0.717, 1.165) is 41.8 Å². The molecule has 1 saturated carbocycles. The van der Waals surface area contributed by atoms with Crippen molar-refractivity contribution in [3.63, 3.8) is 0 Å². The van der Waals surface area contributed by atoms with Gasteiger partial charge in [-0.1, -0.05) is 17.3 Å². The van der Waals surface area contributed by atoms with Crippen molar-refractivity contribution in [2.24, 2.45) is 5.92 Å². The van der Waals surface area contributed by atoms with E-state index < -0.39 is 11.6 Å². The molecular formula is C29H33N7O2. The van der Waals surface area contributed by atoms with Gasteiger partial charge in [0.1, 0.15) is 23.4 Å². The highest BCUT2D eigenvalue weighted by molar-refractivity contribution is 5.83. The number of nitriles is 1. The topological polar surface area (TPSA) is 109 Å². The minimum atomic E-state index is -0.643. The summed E-state index contributed by atoms with van der Waals surface area (Å²) >= 11 is 0. The zero-order valence-corrected chi connectivity index (χ0v) is 22.0. The van der Waals surface area contributed by atoms with E-state index in [2.05, 4.69) is 33.3 Å². The number of aromatic nitrogens is 4. The summed E-state index contributed by atoms with van der Waals surface area (Å²) in [5.41, 5.74) is 3.11. The summed E-state index contributed by atoms with van der Waals surface area (Å²) < 4.78 is 7.74. The van der Waals surface area contributed by atoms with Crippen LogP contribution < -0.4 is 5.32 Å². The highest BCUT2D eigenvalue weighted by Gasteiger charge is 2.50. The van der Waals surface area contributed by atoms with Gasteiger partial charge >= 0.3 is 0 Å². The molecule has 0 radical (unpaired) electrons. The number of ether oxygens (including phenoxy) is 1. The molecule has 3 heterocycles. The van der Waals surface area contributed by atoms with Crippen molar-refractivity contribution in [3.8, 4) is 23.0 Å². The average molecular weight is 512 g/mol. The fourth-order valence-corrected chi connectivity index (χ4v) is 5.54. The lowest BCUT2D eigenvalue weighted by atomic mass is 9.97. The number of pyridine rings is 1. The Morgan fingerprint density at radius 2 is 1.95 bits per heavy atom. The third kappa shape index (κ3) is 5.40. The highest BCUT2D eigenvalue weighted by atomic mass is 16.5. The molecule has 5 rings (SSSR count). The largest absolute Gasteiger partial charge is 0.474 e. The van der Waals surface area contributed by atoms with Crippen LogP contribution in [0.5, 0.6) is 0 Å². The summed E-state index contributed by atoms with van der Waals surface area (Å²) in [4.78, 5) is 19.5. The monoisotopic (exact) mass is 511 g/mol. The summed E-state index contributed by atoms with van der Waals surface area (Å²) in [6.45, 7) is 10.1. The molecule has 1 aromatic carbocycles. The number of hydrogen-bond donors (Lipinski definition) is 1. The smallest absolute Gasteiger partial charge is 0.244 e. The van der Waals surface area contributed by atoms with Gasteiger partial charge in [0.05, 0.1) is 18.0 Å². The fraction of sp³-hybridized carbons (Fsp3) is 0.414. The molecule has 9 nitrogen and oxygen atoms in total. The summed E-state index contributed by atoms with van der Waals surface area (Å²) in [5.74, 6) is 0.651. The molecule has 196 valence electrons. The van der Waals surface area contributed by atoms with Gasteiger partial charge in [-0.05, 0) is 82.4 Å². The summed E-state index contributed by atoms with van der Waals surface area (Å²) in [5, 5.41) is 21.3. The average Bonchev–Trinajstić information content (AvgIpc) is 3.65. The normalized spacial score (nSPS) is 21.1. The number of amides is 1. The molecule has 9 heteroatoms. The fourth-order valence-electron chi connectivity index (χ4n) is 5.54. The van der Waals surface area contributed by atoms with E-state index in [9.17, 15) is 10.1 Å². The molecule has 2 bridgehead atoms. The molecule has 4 atom stereocenters. The summed E-state index contributed by atoms with van der Waals surface area (Å²) in [6.07, 6.45) is 8.70. The molecule has 1 aliphatic heterocycles. The second-order valence-corrected chi connectivity index (χ2v) is 11.0. The highest BCUT2D eigenvalue weighted by Crippen LogP contribution is 2.45. The first kappa shape index (κ1) is 25.5. The van der Waals surface area contributed by atoms with Gasteiger partial charge in [-0.3, -0.25) is 9.78 Å². The quantitative estimate of drug-likeness (QED) is 0.455. The Balaban J connectivity index is 1.23. The number of benzene rings is 1. The summed E-state index contributed by atoms with van der Waals surface area (Å²) in [6, 6.07) is 13.1. The van der Waals surface area contributed by atoms with Crippen molar-refractivity contribution in [2.75, 3.05) is 0 Å². The molecule has 38 heavy (non-hydrogen) atoms. The van der Waals surface area contributed by atoms with Crippen LogP contribution in [0.2, 0.25) is 0 Å². The van der Waals surface area contributed by atoms with Crippen LogP contribution in [0.15, 0.2) is 67.5 Å². The standard InChI is InChI=1S/C29H33N7O2/c1-19(38-29(2,3)4)36-25-10-7-22(16-25)27(36)28(37)32-23(17-30)15-20-5-8-24(9-6-20)35-18-26(33-34-35)21-11-13-31-14-12-21/h5-6,8-9,11-14,18,22-23,25,27H,1,7,10,15-16H2,2-4H3,(H,32,37)/t22?,23-,25?,27-/m0/s1. The van der Waals surface area contributed by atoms with E-state index in [0.29, 0.717) is 12.3 Å². The number of carbonyl (C=O) groups excluding carboxylic acids is 1. The maximum Gasteiger partial charge on any atom is 0.244 e. The minimum absolute atomic E-state index is 0.134. The third-order valence-corrected chi connectivity index (χ3v) is 7.15. The first-order chi connectivity index (χ1) is 18.2. The zero-order valence-electron chi connectivity index (χ0n) is 22.0. The predicted molar refractivity (Wildman–Crippen MR) is 143 cm³/mol. The maximum absolute atomic E-state index is 13.4. The van der Waals surface area contributed by atoms with Crippen LogP contribution in [0.4, 0.5) is 0 Å². The van der Waals surface area contributed by atoms with Crippen molar-refractivity contribution < 1.29 is 9.53 Å². The SMILES string of the molecule is C=C(OC(C)(C)C)N1C2CCC(C2)[C@H]1C(=O)N[C@H](C#N)Cc1ccc(-n2cc(-c3ccncc3)nn2)cc1. The lowest BCUT2D eigenvalue weighted by molar-refractivity contribution is -0.130. The number of nitrogens with one attached hydrogen (secondary N) is 1. The molecule has 2 unspecified atom stereocenters. The second kappa shape index (κ2) is 10.3. The van der Waals surface area contributed by atoms with Crippen LogP contribution in [0.25, 0.3) is 16.9 Å². The molecule has 1 saturated heterocycles. The molecule has 3 aromatic rings. The maximum atomic E-state index is 13.4. The van der Waals surface area contributed by atoms with Crippen molar-refractivity contribution in [2.45, 2.75) is 70.2 Å². The Kier molecular flexibility index (Phi) is 6.89.